The lowest BCUT2D eigenvalue weighted by Crippen LogP contribution is -2.16. The van der Waals surface area contributed by atoms with Crippen molar-refractivity contribution in [1.29, 1.82) is 0 Å². The van der Waals surface area contributed by atoms with E-state index in [0.29, 0.717) is 6.07 Å². The van der Waals surface area contributed by atoms with Crippen molar-refractivity contribution >= 4 is 37.2 Å². The Hall–Kier alpha value is -2.90. The van der Waals surface area contributed by atoms with Gasteiger partial charge in [0.1, 0.15) is 4.90 Å². The van der Waals surface area contributed by atoms with Crippen LogP contribution >= 0.6 is 0 Å². The van der Waals surface area contributed by atoms with Gasteiger partial charge in [-0.05, 0) is 18.2 Å². The summed E-state index contributed by atoms with van der Waals surface area (Å²) >= 11 is 0. The fourth-order valence-corrected chi connectivity index (χ4v) is 3.73. The molecule has 0 spiro atoms. The normalized spacial score (nSPS) is 11.9. The van der Waals surface area contributed by atoms with Gasteiger partial charge in [0.15, 0.2) is 0 Å². The highest BCUT2D eigenvalue weighted by molar-refractivity contribution is 7.93. The summed E-state index contributed by atoms with van der Waals surface area (Å²) in [5.74, 6) is -0.901. The first kappa shape index (κ1) is 18.4. The van der Waals surface area contributed by atoms with Crippen molar-refractivity contribution in [1.82, 2.24) is 0 Å². The van der Waals surface area contributed by atoms with Crippen molar-refractivity contribution in [2.75, 3.05) is 10.5 Å². The molecule has 0 unspecified atom stereocenters. The van der Waals surface area contributed by atoms with E-state index in [1.807, 2.05) is 4.72 Å². The van der Waals surface area contributed by atoms with Crippen LogP contribution in [0, 0.1) is 10.1 Å². The monoisotopic (exact) mass is 389 g/mol. The van der Waals surface area contributed by atoms with Gasteiger partial charge in [-0.3, -0.25) is 19.4 Å². The first-order valence-electron chi connectivity index (χ1n) is 6.29. The number of anilines is 2. The van der Waals surface area contributed by atoms with Crippen LogP contribution in [0.15, 0.2) is 46.2 Å². The van der Waals surface area contributed by atoms with Crippen molar-refractivity contribution in [3.05, 3.63) is 46.5 Å². The van der Waals surface area contributed by atoms with Gasteiger partial charge in [0.25, 0.3) is 20.1 Å². The number of aromatic hydroxyl groups is 1. The second-order valence-corrected chi connectivity index (χ2v) is 7.79. The van der Waals surface area contributed by atoms with Crippen molar-refractivity contribution in [2.24, 2.45) is 0 Å². The maximum Gasteiger partial charge on any atom is 0.314 e. The lowest BCUT2D eigenvalue weighted by Gasteiger charge is -2.12. The maximum atomic E-state index is 12.4. The van der Waals surface area contributed by atoms with Crippen LogP contribution in [0.3, 0.4) is 0 Å². The molecule has 0 aliphatic heterocycles. The minimum atomic E-state index is -4.72. The van der Waals surface area contributed by atoms with Gasteiger partial charge >= 0.3 is 5.69 Å². The van der Waals surface area contributed by atoms with E-state index >= 15 is 0 Å². The summed E-state index contributed by atoms with van der Waals surface area (Å²) in [6.45, 7) is 0. The number of nitrogens with one attached hydrogen (secondary N) is 1. The van der Waals surface area contributed by atoms with Gasteiger partial charge < -0.3 is 10.8 Å². The van der Waals surface area contributed by atoms with Crippen LogP contribution in [0.25, 0.3) is 0 Å². The van der Waals surface area contributed by atoms with Gasteiger partial charge in [-0.15, -0.1) is 0 Å². The second kappa shape index (κ2) is 6.19. The highest BCUT2D eigenvalue weighted by atomic mass is 32.2. The number of phenols is 1. The molecule has 25 heavy (non-hydrogen) atoms. The van der Waals surface area contributed by atoms with E-state index in [0.717, 1.165) is 18.2 Å². The van der Waals surface area contributed by atoms with E-state index < -0.39 is 57.7 Å². The number of nitrogen functional groups attached to an aromatic ring is 1. The van der Waals surface area contributed by atoms with E-state index in [1.165, 1.54) is 12.1 Å². The number of nitro benzene ring substituents is 1. The maximum absolute atomic E-state index is 12.4. The summed E-state index contributed by atoms with van der Waals surface area (Å²) < 4.78 is 58.4. The fourth-order valence-electron chi connectivity index (χ4n) is 1.89. The molecule has 0 heterocycles. The molecule has 0 fully saturated rings. The molecule has 0 aliphatic carbocycles. The summed E-state index contributed by atoms with van der Waals surface area (Å²) in [4.78, 5) is 8.44. The number of nitrogens with zero attached hydrogens (tertiary/aromatic N) is 1. The molecular formula is C12H11N3O8S2. The molecule has 0 radical (unpaired) electrons. The minimum absolute atomic E-state index is 0.473. The molecular weight excluding hydrogens is 378 g/mol. The fraction of sp³-hybridized carbons (Fsp3) is 0. The number of nitro groups is 1. The number of hydrogen-bond acceptors (Lipinski definition) is 8. The molecule has 0 bridgehead atoms. The SMILES string of the molecule is Nc1cc(S(=O)(=O)Nc2ccccc2S(=O)(=O)O)cc([N+](=O)[O-])c1O. The van der Waals surface area contributed by atoms with Crippen LogP contribution < -0.4 is 10.5 Å². The number of benzene rings is 2. The molecule has 0 atom stereocenters. The Morgan fingerprint density at radius 2 is 1.72 bits per heavy atom. The van der Waals surface area contributed by atoms with Crippen LogP contribution in [-0.2, 0) is 20.1 Å². The van der Waals surface area contributed by atoms with E-state index in [1.54, 1.807) is 0 Å². The highest BCUT2D eigenvalue weighted by Gasteiger charge is 2.26. The Morgan fingerprint density at radius 3 is 2.28 bits per heavy atom. The van der Waals surface area contributed by atoms with Crippen LogP contribution in [-0.4, -0.2) is 31.4 Å². The number of nitrogens with two attached hydrogens (primary N) is 1. The zero-order valence-corrected chi connectivity index (χ0v) is 13.8. The van der Waals surface area contributed by atoms with Gasteiger partial charge in [-0.1, -0.05) is 12.1 Å². The first-order valence-corrected chi connectivity index (χ1v) is 9.22. The quantitative estimate of drug-likeness (QED) is 0.189. The molecule has 0 amide bonds. The molecule has 2 rings (SSSR count). The third-order valence-corrected chi connectivity index (χ3v) is 5.27. The number of para-hydroxylation sites is 1. The first-order chi connectivity index (χ1) is 11.4. The second-order valence-electron chi connectivity index (χ2n) is 4.71. The van der Waals surface area contributed by atoms with Crippen LogP contribution in [0.5, 0.6) is 5.75 Å². The molecule has 0 aliphatic rings. The van der Waals surface area contributed by atoms with Crippen molar-refractivity contribution in [3.8, 4) is 5.75 Å². The third-order valence-electron chi connectivity index (χ3n) is 3.01. The Balaban J connectivity index is 2.58. The molecule has 0 saturated carbocycles. The van der Waals surface area contributed by atoms with E-state index in [-0.39, 0.29) is 0 Å². The third kappa shape index (κ3) is 3.78. The minimum Gasteiger partial charge on any atom is -0.501 e. The standard InChI is InChI=1S/C12H11N3O8S2/c13-8-5-7(6-10(12(8)16)15(17)18)24(19,20)14-9-3-1-2-4-11(9)25(21,22)23/h1-6,14,16H,13H2,(H,21,22,23). The van der Waals surface area contributed by atoms with Gasteiger partial charge in [0.05, 0.1) is 21.2 Å². The molecule has 134 valence electrons. The van der Waals surface area contributed by atoms with Gasteiger partial charge in [-0.2, -0.15) is 8.42 Å². The van der Waals surface area contributed by atoms with Gasteiger partial charge in [0, 0.05) is 6.07 Å². The molecule has 5 N–H and O–H groups in total. The summed E-state index contributed by atoms with van der Waals surface area (Å²) in [5, 5.41) is 20.4. The molecule has 2 aromatic rings. The number of phenolic OH excluding ortho intramolecular Hbond substituents is 1. The van der Waals surface area contributed by atoms with Crippen LogP contribution in [0.1, 0.15) is 0 Å². The topological polar surface area (TPSA) is 190 Å². The largest absolute Gasteiger partial charge is 0.501 e. The highest BCUT2D eigenvalue weighted by Crippen LogP contribution is 2.35. The summed E-state index contributed by atoms with van der Waals surface area (Å²) in [6, 6.07) is 5.91. The predicted octanol–water partition coefficient (Wildman–Crippen LogP) is 0.930. The van der Waals surface area contributed by atoms with E-state index in [2.05, 4.69) is 0 Å². The van der Waals surface area contributed by atoms with Gasteiger partial charge in [0.2, 0.25) is 5.75 Å². The van der Waals surface area contributed by atoms with E-state index in [9.17, 15) is 32.1 Å². The average molecular weight is 389 g/mol. The van der Waals surface area contributed by atoms with Crippen LogP contribution in [0.2, 0.25) is 0 Å². The van der Waals surface area contributed by atoms with E-state index in [4.69, 9.17) is 10.3 Å². The molecule has 13 heteroatoms. The Kier molecular flexibility index (Phi) is 4.57. The predicted molar refractivity (Wildman–Crippen MR) is 86.2 cm³/mol. The smallest absolute Gasteiger partial charge is 0.314 e. The lowest BCUT2D eigenvalue weighted by molar-refractivity contribution is -0.386. The van der Waals surface area contributed by atoms with Crippen molar-refractivity contribution < 1.29 is 31.4 Å². The van der Waals surface area contributed by atoms with Crippen molar-refractivity contribution in [2.45, 2.75) is 9.79 Å². The molecule has 0 aromatic heterocycles. The van der Waals surface area contributed by atoms with Crippen molar-refractivity contribution in [3.63, 3.8) is 0 Å². The number of hydrogen-bond donors (Lipinski definition) is 4. The average Bonchev–Trinajstić information content (AvgIpc) is 2.48. The number of rotatable bonds is 5. The molecule has 11 nitrogen and oxygen atoms in total. The summed E-state index contributed by atoms with van der Waals surface area (Å²) in [7, 11) is -9.24. The Morgan fingerprint density at radius 1 is 1.12 bits per heavy atom. The lowest BCUT2D eigenvalue weighted by atomic mass is 10.2. The molecule has 0 saturated heterocycles. The summed E-state index contributed by atoms with van der Waals surface area (Å²) in [6.07, 6.45) is 0. The zero-order chi connectivity index (χ0) is 19.0. The van der Waals surface area contributed by atoms with Gasteiger partial charge in [-0.25, -0.2) is 8.42 Å². The Bertz CT molecular complexity index is 1060. The summed E-state index contributed by atoms with van der Waals surface area (Å²) in [5.41, 5.74) is 3.39. The zero-order valence-electron chi connectivity index (χ0n) is 12.1. The van der Waals surface area contributed by atoms with Crippen LogP contribution in [0.4, 0.5) is 17.1 Å². The molecule has 2 aromatic carbocycles. The number of sulfonamides is 1. The Labute approximate surface area is 141 Å².